The first-order valence-electron chi connectivity index (χ1n) is 11.5. The van der Waals surface area contributed by atoms with E-state index in [-0.39, 0.29) is 30.2 Å². The lowest BCUT2D eigenvalue weighted by Crippen LogP contribution is -2.35. The molecule has 0 unspecified atom stereocenters. The topological polar surface area (TPSA) is 132 Å². The predicted octanol–water partition coefficient (Wildman–Crippen LogP) is 2.89. The molecule has 2 rings (SSSR count). The second-order valence-corrected chi connectivity index (χ2v) is 9.02. The number of phenolic OH excluding ortho intramolecular Hbond substituents is 1. The predicted molar refractivity (Wildman–Crippen MR) is 139 cm³/mol. The number of hydrogen-bond donors (Lipinski definition) is 5. The van der Waals surface area contributed by atoms with Crippen LogP contribution in [0.1, 0.15) is 48.1 Å². The van der Waals surface area contributed by atoms with Gasteiger partial charge >= 0.3 is 0 Å². The summed E-state index contributed by atoms with van der Waals surface area (Å²) in [5.41, 5.74) is 16.1. The zero-order valence-electron chi connectivity index (χ0n) is 20.9. The van der Waals surface area contributed by atoms with Crippen LogP contribution in [0.15, 0.2) is 36.4 Å². The van der Waals surface area contributed by atoms with Gasteiger partial charge in [0.15, 0.2) is 0 Å². The third kappa shape index (κ3) is 6.88. The number of amides is 1. The van der Waals surface area contributed by atoms with Gasteiger partial charge in [0, 0.05) is 60.8 Å². The van der Waals surface area contributed by atoms with E-state index >= 15 is 0 Å². The Morgan fingerprint density at radius 3 is 2.53 bits per heavy atom. The molecule has 1 aromatic carbocycles. The number of aromatic amines is 1. The zero-order chi connectivity index (χ0) is 25.4. The summed E-state index contributed by atoms with van der Waals surface area (Å²) in [4.78, 5) is 19.5. The standard InChI is InChI=1S/C26H39N5O3/c1-17(31(5)24(34)11-8-13-30(3)4)15-19(12-14-32)25-18(2)21(26(28)29-25)16-22(27)20-9-6-7-10-23(20)33/h6-11,16-17,19,29,32-33H,12-15,27-28H2,1-5H3/b11-8+,22-16-/t17-,19-/m1/s1. The first-order chi connectivity index (χ1) is 16.1. The van der Waals surface area contributed by atoms with Crippen molar-refractivity contribution in [1.82, 2.24) is 14.8 Å². The Balaban J connectivity index is 2.26. The van der Waals surface area contributed by atoms with Gasteiger partial charge in [-0.1, -0.05) is 18.2 Å². The van der Waals surface area contributed by atoms with Crippen LogP contribution in [-0.2, 0) is 4.79 Å². The van der Waals surface area contributed by atoms with Crippen LogP contribution in [0, 0.1) is 6.92 Å². The maximum atomic E-state index is 12.6. The molecule has 7 N–H and O–H groups in total. The number of rotatable bonds is 11. The summed E-state index contributed by atoms with van der Waals surface area (Å²) in [5.74, 6) is 0.482. The number of nitrogens with one attached hydrogen (secondary N) is 1. The van der Waals surface area contributed by atoms with Crippen LogP contribution in [0.25, 0.3) is 11.8 Å². The monoisotopic (exact) mass is 469 g/mol. The molecule has 8 nitrogen and oxygen atoms in total. The van der Waals surface area contributed by atoms with E-state index in [9.17, 15) is 15.0 Å². The number of nitrogen functional groups attached to an aromatic ring is 1. The lowest BCUT2D eigenvalue weighted by Gasteiger charge is -2.28. The zero-order valence-corrected chi connectivity index (χ0v) is 20.9. The van der Waals surface area contributed by atoms with Crippen molar-refractivity contribution in [3.63, 3.8) is 0 Å². The summed E-state index contributed by atoms with van der Waals surface area (Å²) in [6, 6.07) is 6.82. The molecule has 8 heteroatoms. The molecular weight excluding hydrogens is 430 g/mol. The van der Waals surface area contributed by atoms with Crippen LogP contribution in [0.2, 0.25) is 0 Å². The Labute approximate surface area is 202 Å². The van der Waals surface area contributed by atoms with Gasteiger partial charge in [-0.15, -0.1) is 0 Å². The van der Waals surface area contributed by atoms with E-state index in [2.05, 4.69) is 4.98 Å². The van der Waals surface area contributed by atoms with E-state index in [0.717, 1.165) is 16.8 Å². The van der Waals surface area contributed by atoms with Gasteiger partial charge in [-0.05, 0) is 64.6 Å². The maximum absolute atomic E-state index is 12.6. The first-order valence-corrected chi connectivity index (χ1v) is 11.5. The Kier molecular flexibility index (Phi) is 9.77. The van der Waals surface area contributed by atoms with E-state index in [1.165, 1.54) is 0 Å². The number of aromatic nitrogens is 1. The molecule has 0 saturated heterocycles. The van der Waals surface area contributed by atoms with Gasteiger partial charge in [-0.2, -0.15) is 0 Å². The van der Waals surface area contributed by atoms with E-state index in [1.54, 1.807) is 48.4 Å². The van der Waals surface area contributed by atoms with Crippen LogP contribution in [0.5, 0.6) is 5.75 Å². The van der Waals surface area contributed by atoms with Crippen LogP contribution >= 0.6 is 0 Å². The largest absolute Gasteiger partial charge is 0.507 e. The quantitative estimate of drug-likeness (QED) is 0.322. The summed E-state index contributed by atoms with van der Waals surface area (Å²) in [6.07, 6.45) is 6.38. The van der Waals surface area contributed by atoms with Crippen molar-refractivity contribution < 1.29 is 15.0 Å². The number of carbonyl (C=O) groups excluding carboxylic acids is 1. The van der Waals surface area contributed by atoms with Gasteiger partial charge in [0.1, 0.15) is 11.6 Å². The number of likely N-dealkylation sites (N-methyl/N-ethyl adjacent to an activating group) is 2. The normalized spacial score (nSPS) is 14.0. The molecule has 1 amide bonds. The molecular formula is C26H39N5O3. The van der Waals surface area contributed by atoms with Crippen molar-refractivity contribution in [2.75, 3.05) is 40.0 Å². The number of phenols is 1. The molecule has 0 radical (unpaired) electrons. The summed E-state index contributed by atoms with van der Waals surface area (Å²) in [6.45, 7) is 4.67. The lowest BCUT2D eigenvalue weighted by atomic mass is 9.90. The third-order valence-corrected chi connectivity index (χ3v) is 6.13. The number of anilines is 1. The van der Waals surface area contributed by atoms with Crippen molar-refractivity contribution in [3.8, 4) is 5.75 Å². The van der Waals surface area contributed by atoms with Crippen LogP contribution in [0.3, 0.4) is 0 Å². The number of aromatic hydroxyl groups is 1. The van der Waals surface area contributed by atoms with Crippen LogP contribution in [0.4, 0.5) is 5.82 Å². The Morgan fingerprint density at radius 2 is 1.91 bits per heavy atom. The molecule has 34 heavy (non-hydrogen) atoms. The Bertz CT molecular complexity index is 1030. The van der Waals surface area contributed by atoms with Crippen molar-refractivity contribution in [2.24, 2.45) is 5.73 Å². The Hall–Kier alpha value is -3.23. The first kappa shape index (κ1) is 27.0. The molecule has 0 aliphatic heterocycles. The fourth-order valence-corrected chi connectivity index (χ4v) is 4.00. The van der Waals surface area contributed by atoms with Crippen LogP contribution in [-0.4, -0.2) is 71.2 Å². The van der Waals surface area contributed by atoms with Crippen molar-refractivity contribution >= 4 is 23.5 Å². The molecule has 2 aromatic rings. The molecule has 2 atom stereocenters. The summed E-state index contributed by atoms with van der Waals surface area (Å²) in [7, 11) is 5.69. The summed E-state index contributed by atoms with van der Waals surface area (Å²) in [5, 5.41) is 19.8. The number of hydrogen-bond acceptors (Lipinski definition) is 6. The number of H-pyrrole nitrogens is 1. The molecule has 186 valence electrons. The van der Waals surface area contributed by atoms with Gasteiger partial charge in [0.2, 0.25) is 5.91 Å². The van der Waals surface area contributed by atoms with Gasteiger partial charge in [0.25, 0.3) is 0 Å². The minimum absolute atomic E-state index is 0.0152. The number of carbonyl (C=O) groups is 1. The second kappa shape index (κ2) is 12.3. The number of nitrogens with zero attached hydrogens (tertiary/aromatic N) is 2. The average molecular weight is 470 g/mol. The van der Waals surface area contributed by atoms with Gasteiger partial charge in [-0.3, -0.25) is 4.79 Å². The smallest absolute Gasteiger partial charge is 0.246 e. The van der Waals surface area contributed by atoms with E-state index in [0.29, 0.717) is 36.5 Å². The van der Waals surface area contributed by atoms with Crippen LogP contribution < -0.4 is 11.5 Å². The maximum Gasteiger partial charge on any atom is 0.246 e. The highest BCUT2D eigenvalue weighted by Gasteiger charge is 2.24. The molecule has 1 heterocycles. The molecule has 0 fully saturated rings. The minimum Gasteiger partial charge on any atom is -0.507 e. The van der Waals surface area contributed by atoms with E-state index in [1.807, 2.05) is 38.9 Å². The number of benzene rings is 1. The molecule has 0 saturated carbocycles. The number of aliphatic hydroxyl groups excluding tert-OH is 1. The van der Waals surface area contributed by atoms with Crippen molar-refractivity contribution in [2.45, 2.75) is 38.6 Å². The van der Waals surface area contributed by atoms with E-state index in [4.69, 9.17) is 11.5 Å². The highest BCUT2D eigenvalue weighted by Crippen LogP contribution is 2.34. The Morgan fingerprint density at radius 1 is 1.24 bits per heavy atom. The fraction of sp³-hybridized carbons (Fsp3) is 0.423. The highest BCUT2D eigenvalue weighted by molar-refractivity contribution is 5.87. The summed E-state index contributed by atoms with van der Waals surface area (Å²) >= 11 is 0. The SMILES string of the molecule is Cc1c([C@H](CCO)C[C@@H](C)N(C)C(=O)/C=C/CN(C)C)[nH]c(N)c1/C=C(\N)c1ccccc1O. The molecule has 1 aromatic heterocycles. The molecule has 0 aliphatic rings. The van der Waals surface area contributed by atoms with E-state index < -0.39 is 0 Å². The molecule has 0 spiro atoms. The number of nitrogens with two attached hydrogens (primary N) is 2. The average Bonchev–Trinajstić information content (AvgIpc) is 3.06. The van der Waals surface area contributed by atoms with Gasteiger partial charge < -0.3 is 36.5 Å². The fourth-order valence-electron chi connectivity index (χ4n) is 4.00. The van der Waals surface area contributed by atoms with Gasteiger partial charge in [0.05, 0.1) is 0 Å². The highest BCUT2D eigenvalue weighted by atomic mass is 16.3. The van der Waals surface area contributed by atoms with Crippen molar-refractivity contribution in [3.05, 3.63) is 58.8 Å². The van der Waals surface area contributed by atoms with Crippen molar-refractivity contribution in [1.29, 1.82) is 0 Å². The lowest BCUT2D eigenvalue weighted by molar-refractivity contribution is -0.126. The second-order valence-electron chi connectivity index (χ2n) is 9.02. The molecule has 0 aliphatic carbocycles. The third-order valence-electron chi connectivity index (χ3n) is 6.13. The van der Waals surface area contributed by atoms with Gasteiger partial charge in [-0.25, -0.2) is 0 Å². The number of aliphatic hydroxyl groups is 1. The minimum atomic E-state index is -0.0566. The number of para-hydroxylation sites is 1. The summed E-state index contributed by atoms with van der Waals surface area (Å²) < 4.78 is 0. The molecule has 0 bridgehead atoms.